The fourth-order valence-corrected chi connectivity index (χ4v) is 4.92. The third kappa shape index (κ3) is 3.32. The lowest BCUT2D eigenvalue weighted by molar-refractivity contribution is -0.135. The molecule has 3 aromatic rings. The Bertz CT molecular complexity index is 1300. The molecule has 9 heteroatoms. The minimum Gasteiger partial charge on any atom is -0.497 e. The van der Waals surface area contributed by atoms with Gasteiger partial charge in [-0.25, -0.2) is 10.0 Å². The van der Waals surface area contributed by atoms with Crippen LogP contribution in [0.1, 0.15) is 11.6 Å². The van der Waals surface area contributed by atoms with Crippen molar-refractivity contribution >= 4 is 28.8 Å². The van der Waals surface area contributed by atoms with Gasteiger partial charge < -0.3 is 29.4 Å². The van der Waals surface area contributed by atoms with E-state index in [1.54, 1.807) is 7.11 Å². The zero-order valence-electron chi connectivity index (χ0n) is 18.7. The van der Waals surface area contributed by atoms with Crippen LogP contribution in [0.15, 0.2) is 47.2 Å². The van der Waals surface area contributed by atoms with Gasteiger partial charge in [0.15, 0.2) is 0 Å². The van der Waals surface area contributed by atoms with E-state index in [0.29, 0.717) is 26.3 Å². The van der Waals surface area contributed by atoms with Crippen LogP contribution < -0.4 is 10.2 Å². The molecule has 2 aromatic heterocycles. The molecule has 0 aliphatic carbocycles. The molecular formula is C24H26N6O3. The maximum absolute atomic E-state index is 13.0. The number of aromatic nitrogens is 2. The predicted octanol–water partition coefficient (Wildman–Crippen LogP) is 2.59. The van der Waals surface area contributed by atoms with Gasteiger partial charge in [0.05, 0.1) is 26.4 Å². The summed E-state index contributed by atoms with van der Waals surface area (Å²) in [4.78, 5) is 23.0. The van der Waals surface area contributed by atoms with Crippen LogP contribution in [-0.4, -0.2) is 72.0 Å². The molecule has 3 aliphatic heterocycles. The number of likely N-dealkylation sites (N-methyl/N-ethyl adjacent to an activating group) is 1. The van der Waals surface area contributed by atoms with E-state index in [9.17, 15) is 4.79 Å². The first-order chi connectivity index (χ1) is 16.1. The fourth-order valence-electron chi connectivity index (χ4n) is 4.92. The van der Waals surface area contributed by atoms with Crippen molar-refractivity contribution in [2.45, 2.75) is 12.6 Å². The van der Waals surface area contributed by atoms with Gasteiger partial charge >= 0.3 is 0 Å². The number of H-pyrrole nitrogens is 1. The second kappa shape index (κ2) is 7.79. The molecule has 1 unspecified atom stereocenters. The van der Waals surface area contributed by atoms with Gasteiger partial charge in [0.1, 0.15) is 18.1 Å². The minimum atomic E-state index is 0.0985. The summed E-state index contributed by atoms with van der Waals surface area (Å²) in [6.45, 7) is 2.74. The number of morpholine rings is 1. The standard InChI is InChI=1S/C24H26N6O3/c1-28-23-15(12-26-28)11-25-24-18(23)10-20(27-24)19-13-30(14-22(31)29-5-7-33-8-6-29)21-4-3-16(32-2)9-17(19)21/h3-4,9-13,23,26-27H,5-8,14H2,1-2H3. The van der Waals surface area contributed by atoms with Gasteiger partial charge in [0.25, 0.3) is 0 Å². The molecule has 0 radical (unpaired) electrons. The lowest BCUT2D eigenvalue weighted by Crippen LogP contribution is -2.42. The van der Waals surface area contributed by atoms with Crippen LogP contribution in [0.5, 0.6) is 5.75 Å². The molecule has 3 aliphatic rings. The summed E-state index contributed by atoms with van der Waals surface area (Å²) < 4.78 is 12.9. The number of methoxy groups -OCH3 is 1. The van der Waals surface area contributed by atoms with Crippen molar-refractivity contribution in [3.8, 4) is 17.0 Å². The maximum Gasteiger partial charge on any atom is 0.242 e. The number of ether oxygens (including phenoxy) is 2. The number of rotatable bonds is 4. The predicted molar refractivity (Wildman–Crippen MR) is 126 cm³/mol. The smallest absolute Gasteiger partial charge is 0.242 e. The first-order valence-electron chi connectivity index (χ1n) is 11.1. The van der Waals surface area contributed by atoms with Crippen molar-refractivity contribution in [2.24, 2.45) is 4.99 Å². The normalized spacial score (nSPS) is 19.9. The minimum absolute atomic E-state index is 0.0985. The number of hydrogen-bond acceptors (Lipinski definition) is 6. The Hall–Kier alpha value is -3.56. The summed E-state index contributed by atoms with van der Waals surface area (Å²) in [5.74, 6) is 1.73. The zero-order valence-corrected chi connectivity index (χ0v) is 18.7. The number of benzene rings is 1. The maximum atomic E-state index is 13.0. The third-order valence-corrected chi connectivity index (χ3v) is 6.65. The van der Waals surface area contributed by atoms with E-state index in [4.69, 9.17) is 9.47 Å². The van der Waals surface area contributed by atoms with Gasteiger partial charge in [0, 0.05) is 72.0 Å². The van der Waals surface area contributed by atoms with E-state index in [0.717, 1.165) is 44.9 Å². The number of amides is 1. The number of aromatic amines is 1. The molecule has 1 fully saturated rings. The zero-order chi connectivity index (χ0) is 22.5. The van der Waals surface area contributed by atoms with Crippen LogP contribution in [0, 0.1) is 0 Å². The van der Waals surface area contributed by atoms with E-state index in [2.05, 4.69) is 32.7 Å². The van der Waals surface area contributed by atoms with Crippen molar-refractivity contribution in [1.82, 2.24) is 24.9 Å². The van der Waals surface area contributed by atoms with Crippen molar-refractivity contribution in [3.63, 3.8) is 0 Å². The molecular weight excluding hydrogens is 420 g/mol. The molecule has 1 saturated heterocycles. The molecule has 9 nitrogen and oxygen atoms in total. The van der Waals surface area contributed by atoms with Crippen molar-refractivity contribution in [2.75, 3.05) is 40.5 Å². The van der Waals surface area contributed by atoms with E-state index < -0.39 is 0 Å². The highest BCUT2D eigenvalue weighted by molar-refractivity contribution is 5.98. The molecule has 6 rings (SSSR count). The highest BCUT2D eigenvalue weighted by Crippen LogP contribution is 2.42. The quantitative estimate of drug-likeness (QED) is 0.643. The number of fused-ring (bicyclic) bond motifs is 4. The number of nitrogens with one attached hydrogen (secondary N) is 2. The number of nitrogens with zero attached hydrogens (tertiary/aromatic N) is 4. The van der Waals surface area contributed by atoms with Gasteiger partial charge in [-0.2, -0.15) is 0 Å². The first-order valence-corrected chi connectivity index (χ1v) is 11.1. The number of hydrogen-bond donors (Lipinski definition) is 2. The van der Waals surface area contributed by atoms with Crippen molar-refractivity contribution < 1.29 is 14.3 Å². The summed E-state index contributed by atoms with van der Waals surface area (Å²) in [6, 6.07) is 8.25. The molecule has 5 heterocycles. The average Bonchev–Trinajstić information content (AvgIpc) is 3.54. The number of hydrazine groups is 1. The van der Waals surface area contributed by atoms with Crippen LogP contribution in [0.4, 0.5) is 5.82 Å². The average molecular weight is 447 g/mol. The summed E-state index contributed by atoms with van der Waals surface area (Å²) >= 11 is 0. The van der Waals surface area contributed by atoms with E-state index in [-0.39, 0.29) is 18.5 Å². The van der Waals surface area contributed by atoms with Crippen molar-refractivity contribution in [3.05, 3.63) is 47.8 Å². The lowest BCUT2D eigenvalue weighted by atomic mass is 10.00. The van der Waals surface area contributed by atoms with E-state index in [1.165, 1.54) is 0 Å². The summed E-state index contributed by atoms with van der Waals surface area (Å²) in [6.07, 6.45) is 5.94. The molecule has 33 heavy (non-hydrogen) atoms. The Kier molecular flexibility index (Phi) is 4.74. The Labute approximate surface area is 191 Å². The number of aliphatic imine (C=N–C) groups is 1. The first kappa shape index (κ1) is 20.1. The van der Waals surface area contributed by atoms with E-state index >= 15 is 0 Å². The summed E-state index contributed by atoms with van der Waals surface area (Å²) in [7, 11) is 3.69. The molecule has 1 amide bonds. The van der Waals surface area contributed by atoms with Gasteiger partial charge in [-0.1, -0.05) is 0 Å². The topological polar surface area (TPSA) is 87.1 Å². The van der Waals surface area contributed by atoms with Gasteiger partial charge in [-0.15, -0.1) is 0 Å². The summed E-state index contributed by atoms with van der Waals surface area (Å²) in [5.41, 5.74) is 8.48. The van der Waals surface area contributed by atoms with Gasteiger partial charge in [-0.05, 0) is 24.3 Å². The van der Waals surface area contributed by atoms with Crippen LogP contribution >= 0.6 is 0 Å². The van der Waals surface area contributed by atoms with Crippen LogP contribution in [0.25, 0.3) is 22.2 Å². The Morgan fingerprint density at radius 3 is 2.94 bits per heavy atom. The fraction of sp³-hybridized carbons (Fsp3) is 0.333. The molecule has 0 saturated carbocycles. The second-order valence-corrected chi connectivity index (χ2v) is 8.58. The lowest BCUT2D eigenvalue weighted by Gasteiger charge is -2.27. The molecule has 0 spiro atoms. The SMILES string of the molecule is COc1ccc2c(c1)c(-c1cc3c([nH]1)N=CC1=CNN(C)C13)cn2CC(=O)N1CCOCC1. The van der Waals surface area contributed by atoms with Crippen LogP contribution in [-0.2, 0) is 16.1 Å². The Morgan fingerprint density at radius 1 is 1.27 bits per heavy atom. The summed E-state index contributed by atoms with van der Waals surface area (Å²) in [5, 5.41) is 3.10. The van der Waals surface area contributed by atoms with Gasteiger partial charge in [0.2, 0.25) is 5.91 Å². The molecule has 0 bridgehead atoms. The number of carbonyl (C=O) groups is 1. The molecule has 1 atom stereocenters. The Morgan fingerprint density at radius 2 is 2.12 bits per heavy atom. The van der Waals surface area contributed by atoms with Crippen LogP contribution in [0.3, 0.4) is 0 Å². The van der Waals surface area contributed by atoms with E-state index in [1.807, 2.05) is 47.1 Å². The third-order valence-electron chi connectivity index (χ3n) is 6.65. The highest BCUT2D eigenvalue weighted by atomic mass is 16.5. The largest absolute Gasteiger partial charge is 0.497 e. The second-order valence-electron chi connectivity index (χ2n) is 8.58. The van der Waals surface area contributed by atoms with Gasteiger partial charge in [-0.3, -0.25) is 4.79 Å². The van der Waals surface area contributed by atoms with Crippen LogP contribution in [0.2, 0.25) is 0 Å². The molecule has 1 aromatic carbocycles. The molecule has 170 valence electrons. The number of carbonyl (C=O) groups excluding carboxylic acids is 1. The molecule has 2 N–H and O–H groups in total. The monoisotopic (exact) mass is 446 g/mol. The highest BCUT2D eigenvalue weighted by Gasteiger charge is 2.32. The van der Waals surface area contributed by atoms with Crippen molar-refractivity contribution in [1.29, 1.82) is 0 Å². The Balaban J connectivity index is 1.41.